The van der Waals surface area contributed by atoms with Crippen molar-refractivity contribution in [1.82, 2.24) is 0 Å². The summed E-state index contributed by atoms with van der Waals surface area (Å²) in [6, 6.07) is 0. The van der Waals surface area contributed by atoms with E-state index in [4.69, 9.17) is 19.3 Å². The Kier molecular flexibility index (Phi) is 38.6. The summed E-state index contributed by atoms with van der Waals surface area (Å²) in [4.78, 5) is 42.9. The highest BCUT2D eigenvalue weighted by Crippen LogP contribution is 2.36. The van der Waals surface area contributed by atoms with Gasteiger partial charge in [0.2, 0.25) is 0 Å². The fourth-order valence-electron chi connectivity index (χ4n) is 6.49. The number of ether oxygens (including phenoxy) is 2. The van der Waals surface area contributed by atoms with Crippen molar-refractivity contribution in [2.45, 2.75) is 238 Å². The zero-order valence-electron chi connectivity index (χ0n) is 34.0. The van der Waals surface area contributed by atoms with Gasteiger partial charge >= 0.3 is 19.8 Å². The van der Waals surface area contributed by atoms with E-state index in [0.717, 1.165) is 38.5 Å². The number of phosphoric acid groups is 1. The standard InChI is InChI=1S/C43H83O8P/c1-3-5-7-9-11-13-15-17-18-19-20-21-22-23-24-26-28-30-32-34-36-38-43(45)51-41(40-50-52(46,47)48)39-49-42(44)37-35-33-31-29-27-25-16-14-12-10-8-6-4-2/h17-18,41H,3-16,19-40H2,1-2H3,(H2,46,47,48)/b18-17+/t41-/m1/s1. The molecule has 0 rings (SSSR count). The van der Waals surface area contributed by atoms with Crippen LogP contribution in [0.5, 0.6) is 0 Å². The van der Waals surface area contributed by atoms with Crippen molar-refractivity contribution in [2.75, 3.05) is 13.2 Å². The van der Waals surface area contributed by atoms with Crippen LogP contribution < -0.4 is 0 Å². The van der Waals surface area contributed by atoms with Crippen LogP contribution in [0, 0.1) is 0 Å². The van der Waals surface area contributed by atoms with Crippen molar-refractivity contribution in [3.8, 4) is 0 Å². The molecule has 0 saturated heterocycles. The van der Waals surface area contributed by atoms with Gasteiger partial charge in [-0.3, -0.25) is 14.1 Å². The number of carbonyl (C=O) groups excluding carboxylic acids is 2. The van der Waals surface area contributed by atoms with Gasteiger partial charge in [0.25, 0.3) is 0 Å². The normalized spacial score (nSPS) is 12.5. The van der Waals surface area contributed by atoms with Gasteiger partial charge in [-0.05, 0) is 38.5 Å². The molecular formula is C43H83O8P. The average Bonchev–Trinajstić information content (AvgIpc) is 3.11. The topological polar surface area (TPSA) is 119 Å². The maximum Gasteiger partial charge on any atom is 0.469 e. The van der Waals surface area contributed by atoms with Crippen LogP contribution >= 0.6 is 7.82 Å². The number of allylic oxidation sites excluding steroid dienone is 2. The lowest BCUT2D eigenvalue weighted by Gasteiger charge is -2.18. The van der Waals surface area contributed by atoms with Crippen molar-refractivity contribution < 1.29 is 37.9 Å². The number of rotatable bonds is 41. The van der Waals surface area contributed by atoms with Crippen molar-refractivity contribution in [3.05, 3.63) is 12.2 Å². The van der Waals surface area contributed by atoms with Crippen LogP contribution in [0.1, 0.15) is 232 Å². The fourth-order valence-corrected chi connectivity index (χ4v) is 6.85. The average molecular weight is 759 g/mol. The second-order valence-electron chi connectivity index (χ2n) is 15.0. The first-order chi connectivity index (χ1) is 25.3. The molecule has 308 valence electrons. The van der Waals surface area contributed by atoms with Crippen molar-refractivity contribution in [3.63, 3.8) is 0 Å². The fraction of sp³-hybridized carbons (Fsp3) is 0.907. The van der Waals surface area contributed by atoms with Gasteiger partial charge in [0, 0.05) is 12.8 Å². The summed E-state index contributed by atoms with van der Waals surface area (Å²) in [5, 5.41) is 0. The van der Waals surface area contributed by atoms with Crippen molar-refractivity contribution in [1.29, 1.82) is 0 Å². The van der Waals surface area contributed by atoms with E-state index in [1.54, 1.807) is 0 Å². The second-order valence-corrected chi connectivity index (χ2v) is 16.3. The molecule has 0 amide bonds. The lowest BCUT2D eigenvalue weighted by molar-refractivity contribution is -0.161. The molecule has 0 radical (unpaired) electrons. The minimum atomic E-state index is -4.75. The number of hydrogen-bond donors (Lipinski definition) is 2. The molecule has 2 N–H and O–H groups in total. The smallest absolute Gasteiger partial charge is 0.462 e. The lowest BCUT2D eigenvalue weighted by atomic mass is 10.0. The van der Waals surface area contributed by atoms with Gasteiger partial charge in [-0.2, -0.15) is 0 Å². The molecule has 0 aliphatic rings. The largest absolute Gasteiger partial charge is 0.469 e. The summed E-state index contributed by atoms with van der Waals surface area (Å²) >= 11 is 0. The van der Waals surface area contributed by atoms with Gasteiger partial charge < -0.3 is 19.3 Å². The van der Waals surface area contributed by atoms with E-state index in [1.165, 1.54) is 161 Å². The summed E-state index contributed by atoms with van der Waals surface area (Å²) in [6.07, 6.45) is 43.6. The van der Waals surface area contributed by atoms with Gasteiger partial charge in [-0.15, -0.1) is 0 Å². The first-order valence-electron chi connectivity index (χ1n) is 22.0. The first kappa shape index (κ1) is 50.8. The Labute approximate surface area is 320 Å². The van der Waals surface area contributed by atoms with Crippen LogP contribution in [-0.4, -0.2) is 41.0 Å². The lowest BCUT2D eigenvalue weighted by Crippen LogP contribution is -2.29. The number of carbonyl (C=O) groups is 2. The van der Waals surface area contributed by atoms with E-state index in [2.05, 4.69) is 30.5 Å². The SMILES string of the molecule is CCCCCCCC/C=C/CCCCCCCCCCCCCC(=O)O[C@H](COC(=O)CCCCCCCCCCCCCCC)COP(=O)(O)O. The molecule has 9 heteroatoms. The minimum Gasteiger partial charge on any atom is -0.462 e. The zero-order chi connectivity index (χ0) is 38.2. The third-order valence-corrected chi connectivity index (χ3v) is 10.3. The Hall–Kier alpha value is -1.21. The highest BCUT2D eigenvalue weighted by molar-refractivity contribution is 7.46. The molecule has 0 fully saturated rings. The van der Waals surface area contributed by atoms with E-state index >= 15 is 0 Å². The zero-order valence-corrected chi connectivity index (χ0v) is 34.9. The van der Waals surface area contributed by atoms with Crippen LogP contribution in [0.4, 0.5) is 0 Å². The monoisotopic (exact) mass is 759 g/mol. The molecule has 0 bridgehead atoms. The third kappa shape index (κ3) is 41.5. The quantitative estimate of drug-likeness (QED) is 0.0274. The molecule has 52 heavy (non-hydrogen) atoms. The molecule has 0 heterocycles. The summed E-state index contributed by atoms with van der Waals surface area (Å²) < 4.78 is 26.4. The molecule has 0 aromatic rings. The van der Waals surface area contributed by atoms with Crippen LogP contribution in [0.25, 0.3) is 0 Å². The van der Waals surface area contributed by atoms with E-state index in [-0.39, 0.29) is 19.4 Å². The molecule has 0 aromatic heterocycles. The number of unbranched alkanes of at least 4 members (excludes halogenated alkanes) is 29. The summed E-state index contributed by atoms with van der Waals surface area (Å²) in [5.41, 5.74) is 0. The number of phosphoric ester groups is 1. The van der Waals surface area contributed by atoms with Crippen LogP contribution in [0.3, 0.4) is 0 Å². The van der Waals surface area contributed by atoms with Crippen LogP contribution in [0.2, 0.25) is 0 Å². The Balaban J connectivity index is 3.83. The number of hydrogen-bond acceptors (Lipinski definition) is 6. The molecular weight excluding hydrogens is 675 g/mol. The molecule has 0 aromatic carbocycles. The van der Waals surface area contributed by atoms with Gasteiger partial charge in [0.15, 0.2) is 6.10 Å². The van der Waals surface area contributed by atoms with E-state index in [9.17, 15) is 14.2 Å². The molecule has 1 atom stereocenters. The molecule has 0 saturated carbocycles. The highest BCUT2D eigenvalue weighted by atomic mass is 31.2. The predicted molar refractivity (Wildman–Crippen MR) is 216 cm³/mol. The first-order valence-corrected chi connectivity index (χ1v) is 23.5. The third-order valence-electron chi connectivity index (χ3n) is 9.78. The summed E-state index contributed by atoms with van der Waals surface area (Å²) in [5.74, 6) is -0.873. The molecule has 8 nitrogen and oxygen atoms in total. The molecule has 0 aliphatic heterocycles. The van der Waals surface area contributed by atoms with Gasteiger partial charge in [-0.25, -0.2) is 4.57 Å². The van der Waals surface area contributed by atoms with Crippen LogP contribution in [0.15, 0.2) is 12.2 Å². The number of esters is 2. The maximum atomic E-state index is 12.4. The summed E-state index contributed by atoms with van der Waals surface area (Å²) in [6.45, 7) is 3.70. The second kappa shape index (κ2) is 39.5. The molecule has 0 unspecified atom stereocenters. The molecule has 0 aliphatic carbocycles. The Bertz CT molecular complexity index is 858. The Morgan fingerprint density at radius 1 is 0.481 bits per heavy atom. The van der Waals surface area contributed by atoms with E-state index in [0.29, 0.717) is 6.42 Å². The Morgan fingerprint density at radius 2 is 0.808 bits per heavy atom. The molecule has 0 spiro atoms. The van der Waals surface area contributed by atoms with E-state index < -0.39 is 32.5 Å². The van der Waals surface area contributed by atoms with Gasteiger partial charge in [0.1, 0.15) is 6.61 Å². The van der Waals surface area contributed by atoms with Crippen molar-refractivity contribution >= 4 is 19.8 Å². The predicted octanol–water partition coefficient (Wildman–Crippen LogP) is 13.4. The highest BCUT2D eigenvalue weighted by Gasteiger charge is 2.22. The minimum absolute atomic E-state index is 0.216. The Morgan fingerprint density at radius 3 is 1.17 bits per heavy atom. The van der Waals surface area contributed by atoms with Gasteiger partial charge in [-0.1, -0.05) is 193 Å². The van der Waals surface area contributed by atoms with Gasteiger partial charge in [0.05, 0.1) is 6.61 Å². The van der Waals surface area contributed by atoms with Crippen LogP contribution in [-0.2, 0) is 28.2 Å². The maximum absolute atomic E-state index is 12.4. The van der Waals surface area contributed by atoms with E-state index in [1.807, 2.05) is 0 Å². The van der Waals surface area contributed by atoms with Crippen molar-refractivity contribution in [2.24, 2.45) is 0 Å². The summed E-state index contributed by atoms with van der Waals surface area (Å²) in [7, 11) is -4.75.